The average molecular weight is 394 g/mol. The molecule has 1 N–H and O–H groups in total. The molecular weight excluding hydrogens is 382 g/mol. The van der Waals surface area contributed by atoms with E-state index in [1.54, 1.807) is 18.3 Å². The second-order valence-corrected chi connectivity index (χ2v) is 7.38. The number of hydrogen-bond acceptors (Lipinski definition) is 6. The Bertz CT molecular complexity index is 1050. The predicted molar refractivity (Wildman–Crippen MR) is 94.5 cm³/mol. The van der Waals surface area contributed by atoms with Gasteiger partial charge in [-0.2, -0.15) is 0 Å². The summed E-state index contributed by atoms with van der Waals surface area (Å²) in [6.45, 7) is 0.268. The van der Waals surface area contributed by atoms with Gasteiger partial charge >= 0.3 is 0 Å². The lowest BCUT2D eigenvalue weighted by molar-refractivity contribution is -0.385. The minimum atomic E-state index is -4.05. The lowest BCUT2D eigenvalue weighted by atomic mass is 10.2. The molecule has 0 saturated carbocycles. The molecule has 0 aliphatic carbocycles. The molecule has 26 heavy (non-hydrogen) atoms. The van der Waals surface area contributed by atoms with Crippen LogP contribution >= 0.6 is 11.6 Å². The van der Waals surface area contributed by atoms with Crippen LogP contribution in [0.4, 0.5) is 11.4 Å². The number of nitrogens with one attached hydrogen (secondary N) is 1. The molecule has 0 radical (unpaired) electrons. The Labute approximate surface area is 153 Å². The summed E-state index contributed by atoms with van der Waals surface area (Å²) in [7, 11) is -4.05. The maximum Gasteiger partial charge on any atom is 0.270 e. The molecule has 1 heterocycles. The number of rotatable bonds is 6. The van der Waals surface area contributed by atoms with Gasteiger partial charge in [0.25, 0.3) is 15.7 Å². The monoisotopic (exact) mass is 393 g/mol. The fourth-order valence-corrected chi connectivity index (χ4v) is 3.54. The molecule has 0 saturated heterocycles. The SMILES string of the molecule is O=[N+]([O-])c1cccc(S(=O)(=O)Nc2cc(Cl)ccc2Cn2ccnn2)c1. The summed E-state index contributed by atoms with van der Waals surface area (Å²) in [6.07, 6.45) is 3.14. The maximum absolute atomic E-state index is 12.6. The molecule has 2 aromatic carbocycles. The molecule has 0 spiro atoms. The van der Waals surface area contributed by atoms with E-state index < -0.39 is 14.9 Å². The lowest BCUT2D eigenvalue weighted by Crippen LogP contribution is -2.15. The summed E-state index contributed by atoms with van der Waals surface area (Å²) in [5.74, 6) is 0. The zero-order valence-corrected chi connectivity index (χ0v) is 14.7. The molecule has 0 aliphatic heterocycles. The van der Waals surface area contributed by atoms with E-state index in [4.69, 9.17) is 11.6 Å². The van der Waals surface area contributed by atoms with Gasteiger partial charge in [-0.25, -0.2) is 13.1 Å². The molecule has 3 aromatic rings. The largest absolute Gasteiger partial charge is 0.279 e. The van der Waals surface area contributed by atoms with Gasteiger partial charge in [-0.05, 0) is 23.8 Å². The van der Waals surface area contributed by atoms with Crippen LogP contribution in [-0.2, 0) is 16.6 Å². The third kappa shape index (κ3) is 3.98. The van der Waals surface area contributed by atoms with E-state index in [9.17, 15) is 18.5 Å². The molecule has 0 atom stereocenters. The van der Waals surface area contributed by atoms with Gasteiger partial charge < -0.3 is 0 Å². The molecular formula is C15H12ClN5O4S. The van der Waals surface area contributed by atoms with Gasteiger partial charge in [0.15, 0.2) is 0 Å². The number of hydrogen-bond donors (Lipinski definition) is 1. The number of nitro groups is 1. The summed E-state index contributed by atoms with van der Waals surface area (Å²) in [5, 5.41) is 18.7. The molecule has 0 amide bonds. The number of anilines is 1. The number of non-ortho nitro benzene ring substituents is 1. The highest BCUT2D eigenvalue weighted by Gasteiger charge is 2.19. The van der Waals surface area contributed by atoms with Crippen LogP contribution in [0.1, 0.15) is 5.56 Å². The van der Waals surface area contributed by atoms with Crippen molar-refractivity contribution >= 4 is 33.0 Å². The second-order valence-electron chi connectivity index (χ2n) is 5.26. The van der Waals surface area contributed by atoms with Gasteiger partial charge in [0.1, 0.15) is 0 Å². The molecule has 0 unspecified atom stereocenters. The first-order valence-electron chi connectivity index (χ1n) is 7.25. The van der Waals surface area contributed by atoms with Gasteiger partial charge in [-0.1, -0.05) is 28.9 Å². The van der Waals surface area contributed by atoms with Crippen molar-refractivity contribution < 1.29 is 13.3 Å². The highest BCUT2D eigenvalue weighted by molar-refractivity contribution is 7.92. The van der Waals surface area contributed by atoms with Gasteiger partial charge in [-0.15, -0.1) is 5.10 Å². The first kappa shape index (κ1) is 17.8. The van der Waals surface area contributed by atoms with Gasteiger partial charge in [0.05, 0.1) is 28.2 Å². The normalized spacial score (nSPS) is 11.3. The first-order valence-corrected chi connectivity index (χ1v) is 9.11. The van der Waals surface area contributed by atoms with Crippen molar-refractivity contribution in [1.29, 1.82) is 0 Å². The summed E-state index contributed by atoms with van der Waals surface area (Å²) in [4.78, 5) is 9.99. The Morgan fingerprint density at radius 3 is 2.73 bits per heavy atom. The summed E-state index contributed by atoms with van der Waals surface area (Å²) in [6, 6.07) is 9.54. The quantitative estimate of drug-likeness (QED) is 0.507. The maximum atomic E-state index is 12.6. The minimum Gasteiger partial charge on any atom is -0.279 e. The summed E-state index contributed by atoms with van der Waals surface area (Å²) < 4.78 is 29.2. The molecule has 11 heteroatoms. The molecule has 0 bridgehead atoms. The number of nitro benzene ring substituents is 1. The van der Waals surface area contributed by atoms with Crippen LogP contribution in [0.2, 0.25) is 5.02 Å². The fourth-order valence-electron chi connectivity index (χ4n) is 2.24. The van der Waals surface area contributed by atoms with E-state index in [0.29, 0.717) is 10.6 Å². The summed E-state index contributed by atoms with van der Waals surface area (Å²) in [5.41, 5.74) is 0.537. The second kappa shape index (κ2) is 7.10. The lowest BCUT2D eigenvalue weighted by Gasteiger charge is -2.13. The Balaban J connectivity index is 1.95. The number of benzene rings is 2. The van der Waals surface area contributed by atoms with Crippen LogP contribution in [-0.4, -0.2) is 28.3 Å². The van der Waals surface area contributed by atoms with Crippen molar-refractivity contribution in [2.24, 2.45) is 0 Å². The van der Waals surface area contributed by atoms with E-state index in [1.165, 1.54) is 35.1 Å². The topological polar surface area (TPSA) is 120 Å². The van der Waals surface area contributed by atoms with E-state index in [1.807, 2.05) is 0 Å². The fraction of sp³-hybridized carbons (Fsp3) is 0.0667. The van der Waals surface area contributed by atoms with Crippen molar-refractivity contribution in [3.05, 3.63) is 75.6 Å². The number of aromatic nitrogens is 3. The average Bonchev–Trinajstić information content (AvgIpc) is 3.10. The zero-order valence-electron chi connectivity index (χ0n) is 13.1. The highest BCUT2D eigenvalue weighted by atomic mass is 35.5. The van der Waals surface area contributed by atoms with Crippen molar-refractivity contribution in [2.45, 2.75) is 11.4 Å². The Morgan fingerprint density at radius 1 is 1.23 bits per heavy atom. The standard InChI is InChI=1S/C15H12ClN5O4S/c16-12-5-4-11(10-20-7-6-17-19-20)15(8-12)18-26(24,25)14-3-1-2-13(9-14)21(22)23/h1-9,18H,10H2. The van der Waals surface area contributed by atoms with Gasteiger partial charge in [0.2, 0.25) is 0 Å². The van der Waals surface area contributed by atoms with Crippen LogP contribution in [0.5, 0.6) is 0 Å². The van der Waals surface area contributed by atoms with Crippen molar-refractivity contribution in [1.82, 2.24) is 15.0 Å². The smallest absolute Gasteiger partial charge is 0.270 e. The number of sulfonamides is 1. The van der Waals surface area contributed by atoms with Crippen molar-refractivity contribution in [2.75, 3.05) is 4.72 Å². The Hall–Kier alpha value is -2.98. The van der Waals surface area contributed by atoms with Crippen LogP contribution in [0, 0.1) is 10.1 Å². The first-order chi connectivity index (χ1) is 12.3. The van der Waals surface area contributed by atoms with E-state index >= 15 is 0 Å². The van der Waals surface area contributed by atoms with Crippen LogP contribution in [0.3, 0.4) is 0 Å². The molecule has 134 valence electrons. The molecule has 3 rings (SSSR count). The minimum absolute atomic E-state index is 0.224. The van der Waals surface area contributed by atoms with Crippen LogP contribution < -0.4 is 4.72 Å². The molecule has 0 fully saturated rings. The molecule has 1 aromatic heterocycles. The predicted octanol–water partition coefficient (Wildman–Crippen LogP) is 2.69. The third-order valence-electron chi connectivity index (χ3n) is 3.46. The number of halogens is 1. The van der Waals surface area contributed by atoms with Gasteiger partial charge in [-0.3, -0.25) is 14.8 Å². The van der Waals surface area contributed by atoms with E-state index in [2.05, 4.69) is 15.0 Å². The van der Waals surface area contributed by atoms with E-state index in [0.717, 1.165) is 6.07 Å². The van der Waals surface area contributed by atoms with Crippen molar-refractivity contribution in [3.63, 3.8) is 0 Å². The van der Waals surface area contributed by atoms with Crippen LogP contribution in [0.15, 0.2) is 59.8 Å². The van der Waals surface area contributed by atoms with Crippen molar-refractivity contribution in [3.8, 4) is 0 Å². The third-order valence-corrected chi connectivity index (χ3v) is 5.06. The zero-order chi connectivity index (χ0) is 18.7. The Kier molecular flexibility index (Phi) is 4.87. The van der Waals surface area contributed by atoms with E-state index in [-0.39, 0.29) is 22.8 Å². The van der Waals surface area contributed by atoms with Gasteiger partial charge in [0, 0.05) is 23.4 Å². The molecule has 0 aliphatic rings. The summed E-state index contributed by atoms with van der Waals surface area (Å²) >= 11 is 5.98. The highest BCUT2D eigenvalue weighted by Crippen LogP contribution is 2.26. The Morgan fingerprint density at radius 2 is 2.04 bits per heavy atom. The number of nitrogens with zero attached hydrogens (tertiary/aromatic N) is 4. The molecule has 9 nitrogen and oxygen atoms in total. The van der Waals surface area contributed by atoms with Crippen LogP contribution in [0.25, 0.3) is 0 Å².